The van der Waals surface area contributed by atoms with Crippen LogP contribution in [0.4, 0.5) is 28.9 Å². The number of nitrogens with zero attached hydrogens (tertiary/aromatic N) is 4. The Morgan fingerprint density at radius 1 is 0.672 bits per heavy atom. The molecule has 4 aromatic carbocycles. The average molecular weight is 885 g/mol. The van der Waals surface area contributed by atoms with E-state index < -0.39 is 96.0 Å². The van der Waals surface area contributed by atoms with Gasteiger partial charge in [0, 0.05) is 50.4 Å². The Bertz CT molecular complexity index is 2440. The molecule has 4 atom stereocenters. The Balaban J connectivity index is 1.17. The number of allylic oxidation sites excluding steroid dienone is 2. The molecule has 2 N–H and O–H groups in total. The molecule has 0 saturated carbocycles. The summed E-state index contributed by atoms with van der Waals surface area (Å²) < 4.78 is 72.8. The summed E-state index contributed by atoms with van der Waals surface area (Å²) in [5, 5.41) is 5.16. The van der Waals surface area contributed by atoms with Gasteiger partial charge in [0.2, 0.25) is 17.7 Å². The summed E-state index contributed by atoms with van der Waals surface area (Å²) in [6, 6.07) is 14.1. The molecule has 14 nitrogen and oxygen atoms in total. The average Bonchev–Trinajstić information content (AvgIpc) is 3.27. The second kappa shape index (κ2) is 20.6. The number of fused-ring (bicyclic) bond motifs is 1. The van der Waals surface area contributed by atoms with Crippen LogP contribution < -0.4 is 29.9 Å². The van der Waals surface area contributed by atoms with Gasteiger partial charge in [0.1, 0.15) is 53.4 Å². The number of rotatable bonds is 16. The van der Waals surface area contributed by atoms with E-state index in [1.54, 1.807) is 72.8 Å². The summed E-state index contributed by atoms with van der Waals surface area (Å²) in [5.41, 5.74) is 0.997. The second-order valence-electron chi connectivity index (χ2n) is 14.8. The van der Waals surface area contributed by atoms with Crippen molar-refractivity contribution in [3.05, 3.63) is 144 Å². The lowest BCUT2D eigenvalue weighted by Crippen LogP contribution is -2.58. The number of carbonyl (C=O) groups is 5. The van der Waals surface area contributed by atoms with Gasteiger partial charge in [-0.1, -0.05) is 24.3 Å². The van der Waals surface area contributed by atoms with Crippen molar-refractivity contribution in [3.8, 4) is 11.5 Å². The minimum Gasteiger partial charge on any atom is -0.497 e. The Morgan fingerprint density at radius 3 is 1.56 bits per heavy atom. The quantitative estimate of drug-likeness (QED) is 0.156. The van der Waals surface area contributed by atoms with Crippen molar-refractivity contribution in [3.63, 3.8) is 0 Å². The van der Waals surface area contributed by atoms with E-state index in [2.05, 4.69) is 15.6 Å². The highest BCUT2D eigenvalue weighted by Crippen LogP contribution is 2.24. The molecule has 4 aromatic rings. The number of likely N-dealkylation sites (N-methyl/N-ethyl adjacent to an activating group) is 2. The van der Waals surface area contributed by atoms with Gasteiger partial charge in [-0.15, -0.1) is 0 Å². The van der Waals surface area contributed by atoms with E-state index in [9.17, 15) is 41.5 Å². The summed E-state index contributed by atoms with van der Waals surface area (Å²) in [6.45, 7) is -1.48. The first kappa shape index (κ1) is 46.0. The largest absolute Gasteiger partial charge is 0.497 e. The highest BCUT2D eigenvalue weighted by Gasteiger charge is 2.39. The Hall–Kier alpha value is -7.50. The molecule has 6 rings (SSSR count). The Morgan fingerprint density at radius 2 is 1.11 bits per heavy atom. The van der Waals surface area contributed by atoms with Crippen molar-refractivity contribution >= 4 is 46.8 Å². The van der Waals surface area contributed by atoms with E-state index in [1.807, 2.05) is 0 Å². The van der Waals surface area contributed by atoms with Crippen LogP contribution in [0.15, 0.2) is 114 Å². The minimum absolute atomic E-state index is 0.0727. The summed E-state index contributed by atoms with van der Waals surface area (Å²) in [5.74, 6) is -6.93. The minimum atomic E-state index is -1.37. The lowest BCUT2D eigenvalue weighted by Gasteiger charge is -2.37. The van der Waals surface area contributed by atoms with Crippen molar-refractivity contribution < 1.29 is 55.7 Å². The third-order valence-corrected chi connectivity index (χ3v) is 10.4. The zero-order valence-corrected chi connectivity index (χ0v) is 35.1. The fourth-order valence-corrected chi connectivity index (χ4v) is 7.14. The van der Waals surface area contributed by atoms with E-state index in [4.69, 9.17) is 14.2 Å². The third-order valence-electron chi connectivity index (χ3n) is 10.4. The van der Waals surface area contributed by atoms with Gasteiger partial charge in [-0.3, -0.25) is 24.0 Å². The SMILES string of the molecule is COc1ccc(N(C)C(=O)[C@H](Cc2cc(F)cc(F)c2)NC(=O)COC2=NC3C=CC=CC3N(CC(=O)N[C@@H](Cc3cc(F)cc(F)c3)C(=O)N(C)c3ccc(OC)cc3)C2=O)cc1. The number of ether oxygens (including phenoxy) is 3. The van der Waals surface area contributed by atoms with Crippen LogP contribution in [0.2, 0.25) is 0 Å². The molecule has 334 valence electrons. The highest BCUT2D eigenvalue weighted by atomic mass is 19.1. The van der Waals surface area contributed by atoms with E-state index in [0.29, 0.717) is 35.0 Å². The summed E-state index contributed by atoms with van der Waals surface area (Å²) in [4.78, 5) is 77.0. The topological polar surface area (TPSA) is 159 Å². The number of nitrogens with one attached hydrogen (secondary N) is 2. The van der Waals surface area contributed by atoms with E-state index in [-0.39, 0.29) is 24.0 Å². The molecule has 18 heteroatoms. The lowest BCUT2D eigenvalue weighted by atomic mass is 9.99. The van der Waals surface area contributed by atoms with E-state index in [0.717, 1.165) is 29.2 Å². The molecular weight excluding hydrogens is 841 g/mol. The van der Waals surface area contributed by atoms with Gasteiger partial charge in [-0.2, -0.15) is 0 Å². The predicted octanol–water partition coefficient (Wildman–Crippen LogP) is 4.46. The van der Waals surface area contributed by atoms with Crippen LogP contribution in [0.5, 0.6) is 11.5 Å². The van der Waals surface area contributed by atoms with Gasteiger partial charge in [-0.05, 0) is 83.9 Å². The van der Waals surface area contributed by atoms with Gasteiger partial charge in [0.25, 0.3) is 11.8 Å². The monoisotopic (exact) mass is 884 g/mol. The predicted molar refractivity (Wildman–Crippen MR) is 228 cm³/mol. The lowest BCUT2D eigenvalue weighted by molar-refractivity contribution is -0.136. The van der Waals surface area contributed by atoms with Crippen molar-refractivity contribution in [2.24, 2.45) is 4.99 Å². The molecule has 1 aliphatic carbocycles. The van der Waals surface area contributed by atoms with Gasteiger partial charge in [-0.25, -0.2) is 22.6 Å². The maximum absolute atomic E-state index is 14.2. The first-order chi connectivity index (χ1) is 30.6. The molecule has 0 aromatic heterocycles. The number of aliphatic imine (C=N–C) groups is 1. The van der Waals surface area contributed by atoms with Gasteiger partial charge >= 0.3 is 5.91 Å². The Labute approximate surface area is 365 Å². The number of methoxy groups -OCH3 is 2. The van der Waals surface area contributed by atoms with Crippen LogP contribution in [0.25, 0.3) is 0 Å². The van der Waals surface area contributed by atoms with Crippen molar-refractivity contribution in [1.29, 1.82) is 0 Å². The zero-order valence-electron chi connectivity index (χ0n) is 35.1. The molecule has 1 heterocycles. The Kier molecular flexibility index (Phi) is 14.8. The van der Waals surface area contributed by atoms with E-state index in [1.165, 1.54) is 38.1 Å². The molecule has 5 amide bonds. The summed E-state index contributed by atoms with van der Waals surface area (Å²) >= 11 is 0. The molecule has 1 aliphatic heterocycles. The number of hydrogen-bond acceptors (Lipinski definition) is 9. The maximum atomic E-state index is 14.2. The van der Waals surface area contributed by atoms with Crippen molar-refractivity contribution in [2.75, 3.05) is 51.3 Å². The van der Waals surface area contributed by atoms with Crippen LogP contribution >= 0.6 is 0 Å². The van der Waals surface area contributed by atoms with E-state index >= 15 is 0 Å². The van der Waals surface area contributed by atoms with Gasteiger partial charge in [0.15, 0.2) is 6.61 Å². The van der Waals surface area contributed by atoms with Crippen LogP contribution in [0.3, 0.4) is 0 Å². The van der Waals surface area contributed by atoms with Crippen LogP contribution in [-0.2, 0) is 41.6 Å². The van der Waals surface area contributed by atoms with Crippen LogP contribution in [-0.4, -0.2) is 106 Å². The molecule has 64 heavy (non-hydrogen) atoms. The fourth-order valence-electron chi connectivity index (χ4n) is 7.14. The summed E-state index contributed by atoms with van der Waals surface area (Å²) in [7, 11) is 5.87. The van der Waals surface area contributed by atoms with Gasteiger partial charge in [0.05, 0.1) is 26.3 Å². The van der Waals surface area contributed by atoms with Crippen LogP contribution in [0, 0.1) is 23.3 Å². The normalized spacial score (nSPS) is 16.2. The van der Waals surface area contributed by atoms with Crippen LogP contribution in [0.1, 0.15) is 11.1 Å². The molecular formula is C46H44F4N6O8. The standard InChI is InChI=1S/C46H44F4N6O8/c1-54(33-9-13-35(62-3)14-10-33)44(59)38(21-27-17-29(47)23-30(48)18-27)51-41(57)25-56-40-8-6-5-7-37(40)53-43(46(56)61)64-26-42(58)52-39(22-28-19-31(49)24-32(50)20-28)45(60)55(2)34-11-15-36(63-4)16-12-34/h5-20,23-24,37-40H,21-22,25-26H2,1-4H3,(H,51,57)(H,52,58)/t37?,38-,39-,40?/m0/s1. The second-order valence-corrected chi connectivity index (χ2v) is 14.8. The third kappa shape index (κ3) is 11.5. The molecule has 0 fully saturated rings. The molecule has 0 saturated heterocycles. The number of anilines is 2. The molecule has 2 aliphatic rings. The molecule has 0 spiro atoms. The number of halogens is 4. The molecule has 0 radical (unpaired) electrons. The maximum Gasteiger partial charge on any atom is 0.309 e. The number of amides is 5. The first-order valence-electron chi connectivity index (χ1n) is 19.8. The number of carbonyl (C=O) groups excluding carboxylic acids is 5. The highest BCUT2D eigenvalue weighted by molar-refractivity contribution is 6.36. The number of hydrogen-bond donors (Lipinski definition) is 2. The van der Waals surface area contributed by atoms with Crippen molar-refractivity contribution in [2.45, 2.75) is 37.0 Å². The molecule has 2 unspecified atom stereocenters. The molecule has 0 bridgehead atoms. The smallest absolute Gasteiger partial charge is 0.309 e. The zero-order chi connectivity index (χ0) is 46.1. The van der Waals surface area contributed by atoms with Gasteiger partial charge < -0.3 is 39.5 Å². The first-order valence-corrected chi connectivity index (χ1v) is 19.8. The van der Waals surface area contributed by atoms with Crippen molar-refractivity contribution in [1.82, 2.24) is 15.5 Å². The number of benzene rings is 4. The fraction of sp³-hybridized carbons (Fsp3) is 0.261. The summed E-state index contributed by atoms with van der Waals surface area (Å²) in [6.07, 6.45) is 5.94.